The average molecular weight is 762 g/mol. The molecule has 4 aromatic rings. The van der Waals surface area contributed by atoms with Gasteiger partial charge in [0.05, 0.1) is 34.4 Å². The van der Waals surface area contributed by atoms with Crippen LogP contribution in [0.2, 0.25) is 0 Å². The fraction of sp³-hybridized carbons (Fsp3) is 0.258. The quantitative estimate of drug-likeness (QED) is 0.0675. The maximum absolute atomic E-state index is 13.0. The molecule has 0 atom stereocenters. The first-order valence-corrected chi connectivity index (χ1v) is 15.2. The number of aromatic nitrogens is 4. The zero-order valence-electron chi connectivity index (χ0n) is 28.7. The van der Waals surface area contributed by atoms with Gasteiger partial charge in [-0.25, -0.2) is 4.79 Å². The topological polar surface area (TPSA) is 277 Å². The van der Waals surface area contributed by atoms with Gasteiger partial charge in [0.25, 0.3) is 23.6 Å². The summed E-state index contributed by atoms with van der Waals surface area (Å²) >= 11 is 0. The standard InChI is InChI=1S/C31H40N14O5.2ClH/c1-42-13-17(9-21(42)27(46)36-7-5-25(32)33)38-29(48)23-11-19(15-44(23)3)40-31(50)41-20-12-24(45(4)16-20)30(49)39-18-10-22(43(2)14-18)28(47)37-8-6-26(34)35;;/h9-16H,5-8H2,1-4H3,(H3,32,33)(H3,34,35)(H,36,46)(H,37,47)(H,38,48)(H,39,49)(H2,40,41,50);2*1H. The lowest BCUT2D eigenvalue weighted by Gasteiger charge is -2.04. The second-order valence-corrected chi connectivity index (χ2v) is 11.4. The van der Waals surface area contributed by atoms with Gasteiger partial charge in [0.15, 0.2) is 0 Å². The van der Waals surface area contributed by atoms with Crippen LogP contribution in [0.25, 0.3) is 0 Å². The summed E-state index contributed by atoms with van der Waals surface area (Å²) in [5.41, 5.74) is 13.1. The molecule has 4 rings (SSSR count). The van der Waals surface area contributed by atoms with Gasteiger partial charge in [-0.05, 0) is 24.3 Å². The van der Waals surface area contributed by atoms with Crippen LogP contribution in [0.5, 0.6) is 0 Å². The zero-order chi connectivity index (χ0) is 36.7. The Balaban J connectivity index is 0.00000468. The molecule has 4 aromatic heterocycles. The molecule has 0 aliphatic carbocycles. The Morgan fingerprint density at radius 3 is 1.08 bits per heavy atom. The molecule has 0 fully saturated rings. The van der Waals surface area contributed by atoms with Crippen molar-refractivity contribution in [2.45, 2.75) is 12.8 Å². The number of hydrogen-bond donors (Lipinski definition) is 10. The van der Waals surface area contributed by atoms with Gasteiger partial charge in [0.1, 0.15) is 22.8 Å². The summed E-state index contributed by atoms with van der Waals surface area (Å²) in [7, 11) is 6.58. The largest absolute Gasteiger partial charge is 0.388 e. The van der Waals surface area contributed by atoms with E-state index in [-0.39, 0.29) is 85.6 Å². The van der Waals surface area contributed by atoms with E-state index in [9.17, 15) is 24.0 Å². The van der Waals surface area contributed by atoms with E-state index in [4.69, 9.17) is 22.3 Å². The van der Waals surface area contributed by atoms with Crippen LogP contribution in [0.15, 0.2) is 49.1 Å². The number of urea groups is 1. The minimum absolute atomic E-state index is 0. The monoisotopic (exact) mass is 760 g/mol. The van der Waals surface area contributed by atoms with Crippen molar-refractivity contribution >= 4 is 88.9 Å². The first-order valence-electron chi connectivity index (χ1n) is 15.2. The van der Waals surface area contributed by atoms with Gasteiger partial charge in [0.2, 0.25) is 0 Å². The summed E-state index contributed by atoms with van der Waals surface area (Å²) in [6.45, 7) is 0.412. The number of nitrogens with one attached hydrogen (secondary N) is 8. The van der Waals surface area contributed by atoms with Crippen molar-refractivity contribution in [1.82, 2.24) is 28.9 Å². The summed E-state index contributed by atoms with van der Waals surface area (Å²) in [5, 5.41) is 30.7. The fourth-order valence-corrected chi connectivity index (χ4v) is 4.92. The first kappa shape index (κ1) is 42.0. The molecule has 0 spiro atoms. The van der Waals surface area contributed by atoms with Gasteiger partial charge in [-0.2, -0.15) is 0 Å². The Bertz CT molecular complexity index is 1850. The van der Waals surface area contributed by atoms with Gasteiger partial charge in [-0.3, -0.25) is 30.0 Å². The van der Waals surface area contributed by atoms with E-state index >= 15 is 0 Å². The fourth-order valence-electron chi connectivity index (χ4n) is 4.92. The summed E-state index contributed by atoms with van der Waals surface area (Å²) in [6, 6.07) is 5.37. The van der Waals surface area contributed by atoms with Crippen LogP contribution in [-0.4, -0.2) is 72.7 Å². The van der Waals surface area contributed by atoms with Crippen LogP contribution in [0.3, 0.4) is 0 Å². The van der Waals surface area contributed by atoms with Crippen LogP contribution in [0, 0.1) is 10.8 Å². The number of aryl methyl sites for hydroxylation is 4. The van der Waals surface area contributed by atoms with Crippen molar-refractivity contribution < 1.29 is 24.0 Å². The summed E-state index contributed by atoms with van der Waals surface area (Å²) in [6.07, 6.45) is 6.70. The Labute approximate surface area is 310 Å². The number of nitrogens with zero attached hydrogens (tertiary/aromatic N) is 4. The van der Waals surface area contributed by atoms with Crippen LogP contribution in [-0.2, 0) is 28.2 Å². The van der Waals surface area contributed by atoms with Gasteiger partial charge >= 0.3 is 6.03 Å². The number of nitrogens with two attached hydrogens (primary N) is 2. The molecule has 0 saturated heterocycles. The SMILES string of the molecule is Cl.Cl.Cn1cc(NC(=O)c2cc(NC(=O)Nc3cc(C(=O)Nc4cc(C(=O)NCCC(=N)N)n(C)c4)n(C)c3)cn2C)cc1C(=O)NCCC(=N)N. The summed E-state index contributed by atoms with van der Waals surface area (Å²) < 4.78 is 6.16. The number of rotatable bonds is 14. The van der Waals surface area contributed by atoms with E-state index in [1.807, 2.05) is 0 Å². The molecule has 19 nitrogen and oxygen atoms in total. The van der Waals surface area contributed by atoms with E-state index in [1.54, 1.807) is 62.1 Å². The molecule has 0 saturated carbocycles. The average Bonchev–Trinajstić information content (AvgIpc) is 3.77. The minimum Gasteiger partial charge on any atom is -0.388 e. The Morgan fingerprint density at radius 1 is 0.519 bits per heavy atom. The lowest BCUT2D eigenvalue weighted by atomic mass is 10.3. The zero-order valence-corrected chi connectivity index (χ0v) is 30.4. The second kappa shape index (κ2) is 18.2. The molecule has 0 radical (unpaired) electrons. The highest BCUT2D eigenvalue weighted by molar-refractivity contribution is 6.08. The predicted molar refractivity (Wildman–Crippen MR) is 202 cm³/mol. The summed E-state index contributed by atoms with van der Waals surface area (Å²) in [4.78, 5) is 63.8. The van der Waals surface area contributed by atoms with Gasteiger partial charge in [0, 0.05) is 78.9 Å². The molecular formula is C31H42Cl2N14O5. The van der Waals surface area contributed by atoms with E-state index in [2.05, 4.69) is 31.9 Å². The molecule has 0 aliphatic rings. The van der Waals surface area contributed by atoms with Crippen molar-refractivity contribution in [3.8, 4) is 0 Å². The lowest BCUT2D eigenvalue weighted by Crippen LogP contribution is -2.28. The molecule has 21 heteroatoms. The highest BCUT2D eigenvalue weighted by Crippen LogP contribution is 2.20. The van der Waals surface area contributed by atoms with Crippen molar-refractivity contribution in [2.24, 2.45) is 39.7 Å². The van der Waals surface area contributed by atoms with Crippen LogP contribution in [0.4, 0.5) is 27.5 Å². The number of hydrogen-bond acceptors (Lipinski definition) is 7. The van der Waals surface area contributed by atoms with Gasteiger partial charge in [-0.15, -0.1) is 24.8 Å². The Morgan fingerprint density at radius 2 is 0.788 bits per heavy atom. The van der Waals surface area contributed by atoms with Crippen LogP contribution in [0.1, 0.15) is 54.8 Å². The molecule has 0 unspecified atom stereocenters. The number of carbonyl (C=O) groups excluding carboxylic acids is 5. The molecule has 0 aliphatic heterocycles. The highest BCUT2D eigenvalue weighted by atomic mass is 35.5. The highest BCUT2D eigenvalue weighted by Gasteiger charge is 2.19. The second-order valence-electron chi connectivity index (χ2n) is 11.4. The number of anilines is 4. The molecule has 52 heavy (non-hydrogen) atoms. The molecule has 4 heterocycles. The third-order valence-electron chi connectivity index (χ3n) is 7.34. The third-order valence-corrected chi connectivity index (χ3v) is 7.34. The molecule has 6 amide bonds. The molecule has 0 bridgehead atoms. The predicted octanol–water partition coefficient (Wildman–Crippen LogP) is 2.14. The van der Waals surface area contributed by atoms with Crippen molar-refractivity contribution in [3.63, 3.8) is 0 Å². The van der Waals surface area contributed by atoms with E-state index < -0.39 is 17.8 Å². The number of amides is 6. The molecular weight excluding hydrogens is 719 g/mol. The van der Waals surface area contributed by atoms with Crippen molar-refractivity contribution in [1.29, 1.82) is 10.8 Å². The normalized spacial score (nSPS) is 10.2. The van der Waals surface area contributed by atoms with Gasteiger partial charge < -0.3 is 61.6 Å². The smallest absolute Gasteiger partial charge is 0.323 e. The minimum atomic E-state index is -0.618. The maximum atomic E-state index is 13.0. The van der Waals surface area contributed by atoms with Gasteiger partial charge in [-0.1, -0.05) is 0 Å². The molecule has 0 aromatic carbocycles. The number of amidine groups is 2. The molecule has 12 N–H and O–H groups in total. The maximum Gasteiger partial charge on any atom is 0.323 e. The van der Waals surface area contributed by atoms with Crippen LogP contribution < -0.4 is 43.4 Å². The Kier molecular flexibility index (Phi) is 14.6. The van der Waals surface area contributed by atoms with E-state index in [1.165, 1.54) is 33.4 Å². The first-order chi connectivity index (χ1) is 23.6. The van der Waals surface area contributed by atoms with E-state index in [0.717, 1.165) is 0 Å². The third kappa shape index (κ3) is 10.9. The molecule has 280 valence electrons. The number of halogens is 2. The summed E-state index contributed by atoms with van der Waals surface area (Å²) in [5.74, 6) is -1.80. The lowest BCUT2D eigenvalue weighted by molar-refractivity contribution is 0.0938. The van der Waals surface area contributed by atoms with Crippen molar-refractivity contribution in [2.75, 3.05) is 34.4 Å². The van der Waals surface area contributed by atoms with Crippen molar-refractivity contribution in [3.05, 3.63) is 71.8 Å². The van der Waals surface area contributed by atoms with Crippen LogP contribution >= 0.6 is 24.8 Å². The number of carbonyl (C=O) groups is 5. The Hall–Kier alpha value is -6.21. The van der Waals surface area contributed by atoms with E-state index in [0.29, 0.717) is 34.1 Å².